The molecule has 3 rings (SSSR count). The van der Waals surface area contributed by atoms with Gasteiger partial charge in [0, 0.05) is 25.7 Å². The van der Waals surface area contributed by atoms with Crippen LogP contribution in [0.1, 0.15) is 40.3 Å². The number of likely N-dealkylation sites (tertiary alicyclic amines) is 1. The van der Waals surface area contributed by atoms with Gasteiger partial charge in [-0.15, -0.1) is 0 Å². The van der Waals surface area contributed by atoms with Crippen molar-refractivity contribution in [2.45, 2.75) is 39.4 Å². The summed E-state index contributed by atoms with van der Waals surface area (Å²) in [6.07, 6.45) is -2.42. The summed E-state index contributed by atoms with van der Waals surface area (Å²) in [6, 6.07) is 0.510. The van der Waals surface area contributed by atoms with Crippen LogP contribution in [0.3, 0.4) is 0 Å². The molecule has 1 saturated heterocycles. The number of rotatable bonds is 3. The third-order valence-electron chi connectivity index (χ3n) is 4.77. The highest BCUT2D eigenvalue weighted by Gasteiger charge is 2.33. The van der Waals surface area contributed by atoms with Crippen molar-refractivity contribution < 1.29 is 22.5 Å². The van der Waals surface area contributed by atoms with Gasteiger partial charge in [-0.1, -0.05) is 5.16 Å². The molecule has 27 heavy (non-hydrogen) atoms. The van der Waals surface area contributed by atoms with Crippen LogP contribution in [-0.4, -0.2) is 38.6 Å². The third-order valence-corrected chi connectivity index (χ3v) is 4.77. The minimum Gasteiger partial charge on any atom is -0.361 e. The summed E-state index contributed by atoms with van der Waals surface area (Å²) < 4.78 is 44.0. The molecule has 1 aliphatic heterocycles. The second kappa shape index (κ2) is 7.16. The second-order valence-corrected chi connectivity index (χ2v) is 6.70. The van der Waals surface area contributed by atoms with Crippen LogP contribution in [0.25, 0.3) is 0 Å². The minimum atomic E-state index is -4.64. The third kappa shape index (κ3) is 4.04. The van der Waals surface area contributed by atoms with Gasteiger partial charge in [-0.2, -0.15) is 13.2 Å². The number of carbonyl (C=O) groups is 1. The molecular formula is C17H19F3N4O3. The highest BCUT2D eigenvalue weighted by Crippen LogP contribution is 2.26. The Morgan fingerprint density at radius 2 is 1.96 bits per heavy atom. The van der Waals surface area contributed by atoms with Crippen LogP contribution in [0.5, 0.6) is 0 Å². The van der Waals surface area contributed by atoms with Gasteiger partial charge in [-0.3, -0.25) is 14.2 Å². The Bertz CT molecular complexity index is 876. The summed E-state index contributed by atoms with van der Waals surface area (Å²) in [5, 5.41) is 3.79. The van der Waals surface area contributed by atoms with Crippen molar-refractivity contribution in [3.8, 4) is 0 Å². The van der Waals surface area contributed by atoms with Gasteiger partial charge < -0.3 is 9.42 Å². The first kappa shape index (κ1) is 19.1. The van der Waals surface area contributed by atoms with Crippen molar-refractivity contribution in [2.24, 2.45) is 5.92 Å². The first-order valence-electron chi connectivity index (χ1n) is 8.52. The first-order chi connectivity index (χ1) is 12.7. The molecule has 1 aliphatic rings. The molecular weight excluding hydrogens is 365 g/mol. The van der Waals surface area contributed by atoms with Crippen LogP contribution in [0.4, 0.5) is 13.2 Å². The zero-order valence-electron chi connectivity index (χ0n) is 14.9. The molecule has 3 heterocycles. The van der Waals surface area contributed by atoms with E-state index in [4.69, 9.17) is 4.52 Å². The topological polar surface area (TPSA) is 81.2 Å². The standard InChI is InChI=1S/C17H19F3N4O3/c1-10-15(11(2)27-22-10)16(26)23-5-3-12(4-6-23)8-24-9-21-13(7-14(24)25)17(18,19)20/h7,9,12H,3-6,8H2,1-2H3. The van der Waals surface area contributed by atoms with Gasteiger partial charge in [0.25, 0.3) is 11.5 Å². The van der Waals surface area contributed by atoms with E-state index in [9.17, 15) is 22.8 Å². The van der Waals surface area contributed by atoms with Gasteiger partial charge in [0.2, 0.25) is 0 Å². The predicted molar refractivity (Wildman–Crippen MR) is 88.1 cm³/mol. The van der Waals surface area contributed by atoms with Crippen LogP contribution in [0.15, 0.2) is 21.7 Å². The van der Waals surface area contributed by atoms with Crippen LogP contribution >= 0.6 is 0 Å². The Balaban J connectivity index is 1.62. The van der Waals surface area contributed by atoms with E-state index in [0.717, 1.165) is 6.33 Å². The maximum Gasteiger partial charge on any atom is 0.433 e. The number of alkyl halides is 3. The molecule has 0 atom stereocenters. The van der Waals surface area contributed by atoms with Crippen LogP contribution < -0.4 is 5.56 Å². The van der Waals surface area contributed by atoms with Crippen LogP contribution in [0, 0.1) is 19.8 Å². The Morgan fingerprint density at radius 1 is 1.30 bits per heavy atom. The Labute approximate surface area is 152 Å². The van der Waals surface area contributed by atoms with E-state index in [-0.39, 0.29) is 18.4 Å². The van der Waals surface area contributed by atoms with Crippen molar-refractivity contribution in [3.63, 3.8) is 0 Å². The lowest BCUT2D eigenvalue weighted by Gasteiger charge is -2.32. The average molecular weight is 384 g/mol. The molecule has 0 saturated carbocycles. The summed E-state index contributed by atoms with van der Waals surface area (Å²) >= 11 is 0. The molecule has 2 aromatic rings. The van der Waals surface area contributed by atoms with E-state index in [2.05, 4.69) is 10.1 Å². The largest absolute Gasteiger partial charge is 0.433 e. The van der Waals surface area contributed by atoms with Crippen molar-refractivity contribution in [1.82, 2.24) is 19.6 Å². The van der Waals surface area contributed by atoms with E-state index in [1.165, 1.54) is 4.57 Å². The molecule has 0 unspecified atom stereocenters. The molecule has 0 N–H and O–H groups in total. The fraction of sp³-hybridized carbons (Fsp3) is 0.529. The van der Waals surface area contributed by atoms with E-state index in [1.807, 2.05) is 0 Å². The average Bonchev–Trinajstić information content (AvgIpc) is 2.94. The lowest BCUT2D eigenvalue weighted by atomic mass is 9.96. The van der Waals surface area contributed by atoms with Gasteiger partial charge in [0.15, 0.2) is 5.69 Å². The number of carbonyl (C=O) groups excluding carboxylic acids is 1. The first-order valence-corrected chi connectivity index (χ1v) is 8.52. The van der Waals surface area contributed by atoms with Gasteiger partial charge in [0.05, 0.1) is 12.0 Å². The molecule has 0 aromatic carbocycles. The molecule has 0 bridgehead atoms. The number of amides is 1. The normalized spacial score (nSPS) is 16.0. The molecule has 0 spiro atoms. The minimum absolute atomic E-state index is 0.0787. The summed E-state index contributed by atoms with van der Waals surface area (Å²) in [6.45, 7) is 4.66. The summed E-state index contributed by atoms with van der Waals surface area (Å²) in [7, 11) is 0. The van der Waals surface area contributed by atoms with Crippen LogP contribution in [0.2, 0.25) is 0 Å². The van der Waals surface area contributed by atoms with Crippen molar-refractivity contribution in [1.29, 1.82) is 0 Å². The fourth-order valence-corrected chi connectivity index (χ4v) is 3.26. The number of nitrogens with zero attached hydrogens (tertiary/aromatic N) is 4. The fourth-order valence-electron chi connectivity index (χ4n) is 3.26. The molecule has 0 radical (unpaired) electrons. The highest BCUT2D eigenvalue weighted by atomic mass is 19.4. The number of aromatic nitrogens is 3. The van der Waals surface area contributed by atoms with Gasteiger partial charge in [-0.05, 0) is 32.6 Å². The summed E-state index contributed by atoms with van der Waals surface area (Å²) in [5.41, 5.74) is -0.909. The zero-order chi connectivity index (χ0) is 19.8. The zero-order valence-corrected chi connectivity index (χ0v) is 14.9. The van der Waals surface area contributed by atoms with Crippen molar-refractivity contribution in [3.05, 3.63) is 45.5 Å². The molecule has 1 fully saturated rings. The van der Waals surface area contributed by atoms with Gasteiger partial charge in [-0.25, -0.2) is 4.98 Å². The van der Waals surface area contributed by atoms with E-state index in [0.29, 0.717) is 49.0 Å². The lowest BCUT2D eigenvalue weighted by Crippen LogP contribution is -2.40. The molecule has 0 aliphatic carbocycles. The van der Waals surface area contributed by atoms with Gasteiger partial charge >= 0.3 is 6.18 Å². The Morgan fingerprint density at radius 3 is 2.48 bits per heavy atom. The van der Waals surface area contributed by atoms with Crippen LogP contribution in [-0.2, 0) is 12.7 Å². The molecule has 7 nitrogen and oxygen atoms in total. The molecule has 10 heteroatoms. The number of halogens is 3. The number of piperidine rings is 1. The second-order valence-electron chi connectivity index (χ2n) is 6.70. The predicted octanol–water partition coefficient (Wildman–Crippen LogP) is 2.42. The highest BCUT2D eigenvalue weighted by molar-refractivity contribution is 5.96. The van der Waals surface area contributed by atoms with E-state index >= 15 is 0 Å². The maximum absolute atomic E-state index is 12.6. The Hall–Kier alpha value is -2.65. The lowest BCUT2D eigenvalue weighted by molar-refractivity contribution is -0.141. The van der Waals surface area contributed by atoms with Crippen molar-refractivity contribution >= 4 is 5.91 Å². The molecule has 146 valence electrons. The monoisotopic (exact) mass is 384 g/mol. The van der Waals surface area contributed by atoms with E-state index < -0.39 is 17.4 Å². The van der Waals surface area contributed by atoms with E-state index in [1.54, 1.807) is 18.7 Å². The van der Waals surface area contributed by atoms with Crippen molar-refractivity contribution in [2.75, 3.05) is 13.1 Å². The molecule has 1 amide bonds. The summed E-state index contributed by atoms with van der Waals surface area (Å²) in [5.74, 6) is 0.412. The smallest absolute Gasteiger partial charge is 0.361 e. The SMILES string of the molecule is Cc1noc(C)c1C(=O)N1CCC(Cn2cnc(C(F)(F)F)cc2=O)CC1. The maximum atomic E-state index is 12.6. The summed E-state index contributed by atoms with van der Waals surface area (Å²) in [4.78, 5) is 29.5. The number of hydrogen-bond acceptors (Lipinski definition) is 5. The molecule has 2 aromatic heterocycles. The Kier molecular flexibility index (Phi) is 5.07. The number of aryl methyl sites for hydroxylation is 2. The quantitative estimate of drug-likeness (QED) is 0.812. The van der Waals surface area contributed by atoms with Gasteiger partial charge in [0.1, 0.15) is 11.3 Å². The number of hydrogen-bond donors (Lipinski definition) is 0.